The highest BCUT2D eigenvalue weighted by molar-refractivity contribution is 6.35. The lowest BCUT2D eigenvalue weighted by atomic mass is 10.1. The number of carbonyl (C=O) groups is 1. The summed E-state index contributed by atoms with van der Waals surface area (Å²) in [5, 5.41) is 1.15. The Morgan fingerprint density at radius 1 is 0.829 bits per heavy atom. The molecule has 7 nitrogen and oxygen atoms in total. The molecule has 0 atom stereocenters. The Morgan fingerprint density at radius 2 is 1.43 bits per heavy atom. The van der Waals surface area contributed by atoms with Crippen LogP contribution < -0.4 is 4.90 Å². The molecule has 9 heteroatoms. The maximum Gasteiger partial charge on any atom is 0.236 e. The molecule has 0 radical (unpaired) electrons. The zero-order valence-electron chi connectivity index (χ0n) is 21.2. The van der Waals surface area contributed by atoms with E-state index in [1.54, 1.807) is 18.5 Å². The van der Waals surface area contributed by atoms with E-state index in [2.05, 4.69) is 45.4 Å². The predicted octanol–water partition coefficient (Wildman–Crippen LogP) is 4.54. The molecule has 2 aliphatic heterocycles. The van der Waals surface area contributed by atoms with Crippen LogP contribution in [0.25, 0.3) is 11.3 Å². The second-order valence-electron chi connectivity index (χ2n) is 9.11. The second kappa shape index (κ2) is 14.0. The van der Waals surface area contributed by atoms with Crippen LogP contribution in [0, 0.1) is 0 Å². The topological polar surface area (TPSA) is 55.8 Å². The fourth-order valence-electron chi connectivity index (χ4n) is 4.30. The largest absolute Gasteiger partial charge is 0.353 e. The number of hydrogen-bond acceptors (Lipinski definition) is 6. The van der Waals surface area contributed by atoms with E-state index < -0.39 is 0 Å². The second-order valence-corrected chi connectivity index (χ2v) is 9.98. The lowest BCUT2D eigenvalue weighted by Gasteiger charge is -2.38. The number of hydrogen-bond donors (Lipinski definition) is 0. The first-order valence-electron chi connectivity index (χ1n) is 12.7. The van der Waals surface area contributed by atoms with Crippen molar-refractivity contribution in [3.8, 4) is 11.3 Å². The number of halogens is 2. The van der Waals surface area contributed by atoms with E-state index >= 15 is 0 Å². The Labute approximate surface area is 220 Å². The molecule has 192 valence electrons. The monoisotopic (exact) mass is 520 g/mol. The SMILES string of the molecule is CCC.CCCN1CCN(C(=O)CN2CCN(c3cnc(-c4cc(Cl)cc(Cl)c4)cn3)CC2)CC1. The first kappa shape index (κ1) is 27.7. The zero-order chi connectivity index (χ0) is 25.2. The van der Waals surface area contributed by atoms with Crippen molar-refractivity contribution >= 4 is 34.9 Å². The van der Waals surface area contributed by atoms with Crippen LogP contribution in [0.15, 0.2) is 30.6 Å². The summed E-state index contributed by atoms with van der Waals surface area (Å²) >= 11 is 12.2. The third kappa shape index (κ3) is 8.31. The van der Waals surface area contributed by atoms with Gasteiger partial charge in [0.2, 0.25) is 5.91 Å². The van der Waals surface area contributed by atoms with Gasteiger partial charge in [-0.25, -0.2) is 4.98 Å². The molecular formula is C26H38Cl2N6O. The van der Waals surface area contributed by atoms with Crippen molar-refractivity contribution < 1.29 is 4.79 Å². The van der Waals surface area contributed by atoms with E-state index in [4.69, 9.17) is 23.2 Å². The van der Waals surface area contributed by atoms with Gasteiger partial charge in [-0.2, -0.15) is 0 Å². The van der Waals surface area contributed by atoms with Gasteiger partial charge in [-0.15, -0.1) is 0 Å². The van der Waals surface area contributed by atoms with E-state index in [1.807, 2.05) is 17.0 Å². The van der Waals surface area contributed by atoms with E-state index in [1.165, 1.54) is 12.8 Å². The molecule has 0 spiro atoms. The van der Waals surface area contributed by atoms with Gasteiger partial charge in [-0.3, -0.25) is 19.6 Å². The van der Waals surface area contributed by atoms with Gasteiger partial charge in [0.15, 0.2) is 0 Å². The minimum absolute atomic E-state index is 0.249. The van der Waals surface area contributed by atoms with Crippen molar-refractivity contribution in [2.24, 2.45) is 0 Å². The molecule has 0 bridgehead atoms. The van der Waals surface area contributed by atoms with Gasteiger partial charge >= 0.3 is 0 Å². The summed E-state index contributed by atoms with van der Waals surface area (Å²) in [6.07, 6.45) is 5.96. The summed E-state index contributed by atoms with van der Waals surface area (Å²) in [5.41, 5.74) is 1.59. The van der Waals surface area contributed by atoms with Gasteiger partial charge in [0.05, 0.1) is 24.6 Å². The third-order valence-corrected chi connectivity index (χ3v) is 6.55. The van der Waals surface area contributed by atoms with Crippen LogP contribution in [-0.2, 0) is 4.79 Å². The Morgan fingerprint density at radius 3 is 1.97 bits per heavy atom. The summed E-state index contributed by atoms with van der Waals surface area (Å²) in [7, 11) is 0. The number of piperazine rings is 2. The number of carbonyl (C=O) groups excluding carboxylic acids is 1. The summed E-state index contributed by atoms with van der Waals surface area (Å²) < 4.78 is 0. The molecule has 35 heavy (non-hydrogen) atoms. The highest BCUT2D eigenvalue weighted by Gasteiger charge is 2.25. The molecule has 2 fully saturated rings. The minimum atomic E-state index is 0.249. The molecule has 3 heterocycles. The van der Waals surface area contributed by atoms with Crippen LogP contribution in [0.1, 0.15) is 33.6 Å². The molecule has 1 amide bonds. The lowest BCUT2D eigenvalue weighted by molar-refractivity contribution is -0.134. The first-order valence-corrected chi connectivity index (χ1v) is 13.4. The maximum absolute atomic E-state index is 12.7. The van der Waals surface area contributed by atoms with Crippen LogP contribution >= 0.6 is 23.2 Å². The van der Waals surface area contributed by atoms with E-state index in [9.17, 15) is 4.79 Å². The van der Waals surface area contributed by atoms with Gasteiger partial charge in [0, 0.05) is 68.0 Å². The highest BCUT2D eigenvalue weighted by atomic mass is 35.5. The Bertz CT molecular complexity index is 906. The van der Waals surface area contributed by atoms with Crippen molar-refractivity contribution in [1.29, 1.82) is 0 Å². The zero-order valence-corrected chi connectivity index (χ0v) is 22.7. The van der Waals surface area contributed by atoms with Gasteiger partial charge in [0.1, 0.15) is 5.82 Å². The molecule has 0 saturated carbocycles. The Balaban J connectivity index is 0.00000108. The minimum Gasteiger partial charge on any atom is -0.353 e. The molecule has 2 saturated heterocycles. The number of benzene rings is 1. The van der Waals surface area contributed by atoms with Crippen LogP contribution in [0.4, 0.5) is 5.82 Å². The van der Waals surface area contributed by atoms with E-state index in [-0.39, 0.29) is 5.91 Å². The fourth-order valence-corrected chi connectivity index (χ4v) is 4.82. The lowest BCUT2D eigenvalue weighted by Crippen LogP contribution is -2.54. The summed E-state index contributed by atoms with van der Waals surface area (Å²) in [4.78, 5) is 30.8. The van der Waals surface area contributed by atoms with Crippen molar-refractivity contribution in [3.05, 3.63) is 40.6 Å². The van der Waals surface area contributed by atoms with Crippen LogP contribution in [0.5, 0.6) is 0 Å². The van der Waals surface area contributed by atoms with Crippen LogP contribution in [0.2, 0.25) is 10.0 Å². The normalized spacial score (nSPS) is 17.2. The molecule has 0 unspecified atom stereocenters. The smallest absolute Gasteiger partial charge is 0.236 e. The average Bonchev–Trinajstić information content (AvgIpc) is 2.85. The summed E-state index contributed by atoms with van der Waals surface area (Å²) in [6, 6.07) is 5.36. The Hall–Kier alpha value is -1.93. The summed E-state index contributed by atoms with van der Waals surface area (Å²) in [5.74, 6) is 1.10. The number of rotatable bonds is 6. The number of aromatic nitrogens is 2. The molecule has 2 aliphatic rings. The predicted molar refractivity (Wildman–Crippen MR) is 145 cm³/mol. The quantitative estimate of drug-likeness (QED) is 0.557. The molecule has 1 aromatic carbocycles. The van der Waals surface area contributed by atoms with Crippen molar-refractivity contribution in [2.75, 3.05) is 70.3 Å². The third-order valence-electron chi connectivity index (χ3n) is 6.12. The molecule has 1 aromatic heterocycles. The average molecular weight is 522 g/mol. The molecule has 0 N–H and O–H groups in total. The molecular weight excluding hydrogens is 483 g/mol. The number of anilines is 1. The van der Waals surface area contributed by atoms with Gasteiger partial charge < -0.3 is 9.80 Å². The number of nitrogens with zero attached hydrogens (tertiary/aromatic N) is 6. The van der Waals surface area contributed by atoms with Crippen molar-refractivity contribution in [1.82, 2.24) is 24.7 Å². The summed E-state index contributed by atoms with van der Waals surface area (Å²) in [6.45, 7) is 15.1. The Kier molecular flexibility index (Phi) is 11.0. The standard InChI is InChI=1S/C23H30Cl2N6O.C3H8/c1-2-3-28-4-10-31(11-5-28)23(32)17-29-6-8-30(9-7-29)22-16-26-21(15-27-22)18-12-19(24)14-20(25)13-18;1-3-2/h12-16H,2-11,17H2,1H3;3H2,1-2H3. The maximum atomic E-state index is 12.7. The van der Waals surface area contributed by atoms with Gasteiger partial charge in [-0.05, 0) is 31.2 Å². The number of amides is 1. The first-order chi connectivity index (χ1) is 16.9. The van der Waals surface area contributed by atoms with E-state index in [0.29, 0.717) is 16.6 Å². The van der Waals surface area contributed by atoms with Crippen LogP contribution in [-0.4, -0.2) is 96.0 Å². The van der Waals surface area contributed by atoms with Crippen molar-refractivity contribution in [2.45, 2.75) is 33.6 Å². The van der Waals surface area contributed by atoms with Gasteiger partial charge in [-0.1, -0.05) is 50.4 Å². The van der Waals surface area contributed by atoms with Gasteiger partial charge in [0.25, 0.3) is 0 Å². The van der Waals surface area contributed by atoms with E-state index in [0.717, 1.165) is 76.0 Å². The highest BCUT2D eigenvalue weighted by Crippen LogP contribution is 2.26. The fraction of sp³-hybridized carbons (Fsp3) is 0.577. The molecule has 4 rings (SSSR count). The van der Waals surface area contributed by atoms with Crippen molar-refractivity contribution in [3.63, 3.8) is 0 Å². The van der Waals surface area contributed by atoms with Crippen LogP contribution in [0.3, 0.4) is 0 Å². The molecule has 0 aliphatic carbocycles. The molecule has 2 aromatic rings.